The molecule has 0 aliphatic heterocycles. The number of fused-ring (bicyclic) bond motifs is 1. The predicted octanol–water partition coefficient (Wildman–Crippen LogP) is 4.40. The summed E-state index contributed by atoms with van der Waals surface area (Å²) in [4.78, 5) is 26.1. The van der Waals surface area contributed by atoms with Gasteiger partial charge in [-0.2, -0.15) is 9.97 Å². The molecule has 0 saturated heterocycles. The highest BCUT2D eigenvalue weighted by Gasteiger charge is 2.21. The van der Waals surface area contributed by atoms with Crippen molar-refractivity contribution in [2.75, 3.05) is 17.2 Å². The van der Waals surface area contributed by atoms with Crippen LogP contribution in [0, 0.1) is 0 Å². The van der Waals surface area contributed by atoms with E-state index in [9.17, 15) is 4.79 Å². The Morgan fingerprint density at radius 2 is 1.91 bits per heavy atom. The van der Waals surface area contributed by atoms with Crippen LogP contribution in [0.3, 0.4) is 0 Å². The molecule has 176 valence electrons. The van der Waals surface area contributed by atoms with Crippen molar-refractivity contribution in [3.63, 3.8) is 0 Å². The van der Waals surface area contributed by atoms with Gasteiger partial charge in [0, 0.05) is 23.8 Å². The smallest absolute Gasteiger partial charge is 0.338 e. The van der Waals surface area contributed by atoms with Crippen LogP contribution in [0.4, 0.5) is 17.5 Å². The minimum absolute atomic E-state index is 0.266. The number of hydrogen-bond acceptors (Lipinski definition) is 8. The number of esters is 1. The Bertz CT molecular complexity index is 1090. The molecule has 9 heteroatoms. The Labute approximate surface area is 194 Å². The van der Waals surface area contributed by atoms with E-state index in [2.05, 4.69) is 34.0 Å². The van der Waals surface area contributed by atoms with E-state index in [1.165, 1.54) is 0 Å². The van der Waals surface area contributed by atoms with Gasteiger partial charge in [0.2, 0.25) is 5.95 Å². The number of carbonyl (C=O) groups excluding carboxylic acids is 1. The van der Waals surface area contributed by atoms with Gasteiger partial charge in [-0.15, -0.1) is 0 Å². The minimum atomic E-state index is -0.334. The first-order chi connectivity index (χ1) is 16.0. The molecule has 2 aromatic heterocycles. The first-order valence-electron chi connectivity index (χ1n) is 11.8. The normalized spacial score (nSPS) is 19.3. The summed E-state index contributed by atoms with van der Waals surface area (Å²) in [5.41, 5.74) is 8.88. The van der Waals surface area contributed by atoms with E-state index in [4.69, 9.17) is 20.4 Å². The molecule has 0 spiro atoms. The van der Waals surface area contributed by atoms with Crippen LogP contribution >= 0.6 is 0 Å². The van der Waals surface area contributed by atoms with Crippen LogP contribution in [0.25, 0.3) is 11.2 Å². The number of benzene rings is 1. The maximum atomic E-state index is 11.9. The molecular weight excluding hydrogens is 418 g/mol. The van der Waals surface area contributed by atoms with Crippen LogP contribution in [0.15, 0.2) is 30.6 Å². The maximum Gasteiger partial charge on any atom is 0.338 e. The number of aromatic nitrogens is 4. The predicted molar refractivity (Wildman–Crippen MR) is 130 cm³/mol. The van der Waals surface area contributed by atoms with Crippen molar-refractivity contribution in [3.05, 3.63) is 36.2 Å². The second-order valence-corrected chi connectivity index (χ2v) is 8.66. The van der Waals surface area contributed by atoms with Crippen molar-refractivity contribution in [2.45, 2.75) is 71.0 Å². The molecule has 1 aromatic carbocycles. The fourth-order valence-electron chi connectivity index (χ4n) is 4.07. The molecule has 2 heterocycles. The first kappa shape index (κ1) is 23.0. The average Bonchev–Trinajstić information content (AvgIpc) is 3.25. The second-order valence-electron chi connectivity index (χ2n) is 8.66. The van der Waals surface area contributed by atoms with Gasteiger partial charge in [-0.3, -0.25) is 0 Å². The number of carbonyl (C=O) groups is 1. The molecule has 3 aromatic rings. The molecule has 33 heavy (non-hydrogen) atoms. The van der Waals surface area contributed by atoms with Gasteiger partial charge in [0.25, 0.3) is 0 Å². The van der Waals surface area contributed by atoms with Crippen molar-refractivity contribution < 1.29 is 9.53 Å². The third-order valence-corrected chi connectivity index (χ3v) is 6.25. The van der Waals surface area contributed by atoms with Crippen LogP contribution in [0.5, 0.6) is 0 Å². The fourth-order valence-corrected chi connectivity index (χ4v) is 4.07. The lowest BCUT2D eigenvalue weighted by Gasteiger charge is -2.27. The van der Waals surface area contributed by atoms with Crippen LogP contribution < -0.4 is 16.4 Å². The maximum absolute atomic E-state index is 11.9. The molecule has 1 aliphatic carbocycles. The third kappa shape index (κ3) is 5.24. The van der Waals surface area contributed by atoms with Crippen LogP contribution in [-0.4, -0.2) is 44.2 Å². The molecule has 1 atom stereocenters. The quantitative estimate of drug-likeness (QED) is 0.431. The van der Waals surface area contributed by atoms with Crippen molar-refractivity contribution in [2.24, 2.45) is 5.73 Å². The zero-order chi connectivity index (χ0) is 23.4. The van der Waals surface area contributed by atoms with E-state index in [1.807, 2.05) is 18.5 Å². The van der Waals surface area contributed by atoms with Crippen molar-refractivity contribution in [1.82, 2.24) is 19.5 Å². The van der Waals surface area contributed by atoms with Crippen LogP contribution in [0.2, 0.25) is 0 Å². The van der Waals surface area contributed by atoms with Gasteiger partial charge >= 0.3 is 5.97 Å². The molecule has 1 saturated carbocycles. The number of nitrogens with zero attached hydrogens (tertiary/aromatic N) is 4. The number of ether oxygens (including phenoxy) is 1. The van der Waals surface area contributed by atoms with Gasteiger partial charge in [-0.05, 0) is 70.2 Å². The van der Waals surface area contributed by atoms with Gasteiger partial charge in [-0.1, -0.05) is 6.92 Å². The lowest BCUT2D eigenvalue weighted by atomic mass is 9.92. The number of nitrogens with one attached hydrogen (secondary N) is 2. The summed E-state index contributed by atoms with van der Waals surface area (Å²) in [5.74, 6) is 0.874. The Balaban J connectivity index is 1.64. The summed E-state index contributed by atoms with van der Waals surface area (Å²) in [6.45, 7) is 6.44. The van der Waals surface area contributed by atoms with Crippen molar-refractivity contribution >= 4 is 34.6 Å². The molecule has 0 amide bonds. The zero-order valence-corrected chi connectivity index (χ0v) is 19.5. The van der Waals surface area contributed by atoms with Gasteiger partial charge < -0.3 is 25.7 Å². The Morgan fingerprint density at radius 1 is 1.18 bits per heavy atom. The van der Waals surface area contributed by atoms with Gasteiger partial charge in [0.1, 0.15) is 0 Å². The summed E-state index contributed by atoms with van der Waals surface area (Å²) in [5, 5.41) is 6.87. The van der Waals surface area contributed by atoms with E-state index in [1.54, 1.807) is 19.1 Å². The Hall–Kier alpha value is -3.20. The minimum Gasteiger partial charge on any atom is -0.462 e. The zero-order valence-electron chi connectivity index (χ0n) is 19.5. The number of anilines is 3. The Kier molecular flexibility index (Phi) is 7.08. The molecule has 0 bridgehead atoms. The number of rotatable bonds is 8. The number of nitrogens with two attached hydrogens (primary N) is 1. The van der Waals surface area contributed by atoms with E-state index in [-0.39, 0.29) is 18.1 Å². The standard InChI is InChI=1S/C24H33N7O2/c1-4-15(3)31-14-26-20-21(27-18-10-6-16(7-11-18)23(32)33-5-2)29-24(30-22(20)31)28-19-12-8-17(25)9-13-19/h6-7,10-11,14-15,17,19H,4-5,8-9,12-13,25H2,1-3H3,(H2,27,28,29,30)/t15?,17-,19-. The summed E-state index contributed by atoms with van der Waals surface area (Å²) in [6, 6.07) is 8.00. The largest absolute Gasteiger partial charge is 0.462 e. The molecule has 1 unspecified atom stereocenters. The SMILES string of the molecule is CCOC(=O)c1ccc(Nc2nc(N[C@H]3CC[C@H](N)CC3)nc3c2ncn3C(C)CC)cc1. The monoisotopic (exact) mass is 451 g/mol. The van der Waals surface area contributed by atoms with Crippen molar-refractivity contribution in [3.8, 4) is 0 Å². The van der Waals surface area contributed by atoms with Gasteiger partial charge in [0.15, 0.2) is 17.0 Å². The number of hydrogen-bond donors (Lipinski definition) is 3. The number of imidazole rings is 1. The van der Waals surface area contributed by atoms with Gasteiger partial charge in [-0.25, -0.2) is 9.78 Å². The van der Waals surface area contributed by atoms with Crippen LogP contribution in [-0.2, 0) is 4.74 Å². The van der Waals surface area contributed by atoms with E-state index in [0.29, 0.717) is 35.5 Å². The van der Waals surface area contributed by atoms with Crippen molar-refractivity contribution in [1.29, 1.82) is 0 Å². The van der Waals surface area contributed by atoms with E-state index in [0.717, 1.165) is 43.4 Å². The third-order valence-electron chi connectivity index (χ3n) is 6.25. The molecule has 1 aliphatic rings. The lowest BCUT2D eigenvalue weighted by Crippen LogP contribution is -2.33. The molecule has 4 rings (SSSR count). The molecule has 0 radical (unpaired) electrons. The Morgan fingerprint density at radius 3 is 2.58 bits per heavy atom. The highest BCUT2D eigenvalue weighted by molar-refractivity contribution is 5.90. The topological polar surface area (TPSA) is 120 Å². The van der Waals surface area contributed by atoms with Gasteiger partial charge in [0.05, 0.1) is 18.5 Å². The summed E-state index contributed by atoms with van der Waals surface area (Å²) in [7, 11) is 0. The second kappa shape index (κ2) is 10.2. The summed E-state index contributed by atoms with van der Waals surface area (Å²) in [6.07, 6.45) is 6.81. The highest BCUT2D eigenvalue weighted by atomic mass is 16.5. The van der Waals surface area contributed by atoms with Crippen LogP contribution in [0.1, 0.15) is 69.3 Å². The summed E-state index contributed by atoms with van der Waals surface area (Å²) < 4.78 is 7.16. The first-order valence-corrected chi connectivity index (χ1v) is 11.8. The molecule has 4 N–H and O–H groups in total. The highest BCUT2D eigenvalue weighted by Crippen LogP contribution is 2.28. The average molecular weight is 452 g/mol. The lowest BCUT2D eigenvalue weighted by molar-refractivity contribution is 0.0526. The fraction of sp³-hybridized carbons (Fsp3) is 0.500. The van der Waals surface area contributed by atoms with E-state index < -0.39 is 0 Å². The molecule has 1 fully saturated rings. The molecule has 9 nitrogen and oxygen atoms in total. The molecular formula is C24H33N7O2. The van der Waals surface area contributed by atoms with E-state index >= 15 is 0 Å². The summed E-state index contributed by atoms with van der Waals surface area (Å²) >= 11 is 0.